The average molecular weight is 204 g/mol. The van der Waals surface area contributed by atoms with E-state index >= 15 is 0 Å². The number of nitrogens with zero attached hydrogens (tertiary/aromatic N) is 1. The molecule has 0 amide bonds. The summed E-state index contributed by atoms with van der Waals surface area (Å²) in [5.74, 6) is 0. The Morgan fingerprint density at radius 3 is 3.08 bits per heavy atom. The maximum absolute atomic E-state index is 11.1. The Morgan fingerprint density at radius 1 is 1.67 bits per heavy atom. The van der Waals surface area contributed by atoms with E-state index in [0.29, 0.717) is 5.39 Å². The number of hydrogen-bond donors (Lipinski definition) is 1. The summed E-state index contributed by atoms with van der Waals surface area (Å²) < 4.78 is 0. The molecule has 3 nitrogen and oxygen atoms in total. The van der Waals surface area contributed by atoms with Gasteiger partial charge >= 0.3 is 51.4 Å². The number of H-pyrrole nitrogens is 1. The molecule has 0 radical (unpaired) electrons. The fourth-order valence-electron chi connectivity index (χ4n) is 0.951. The summed E-state index contributed by atoms with van der Waals surface area (Å²) >= 11 is 1.53. The number of aryl methyl sites for hydroxylation is 1. The molecule has 0 atom stereocenters. The van der Waals surface area contributed by atoms with Crippen molar-refractivity contribution >= 4 is 22.2 Å². The Bertz CT molecular complexity index is 448. The molecule has 0 aromatic carbocycles. The van der Waals surface area contributed by atoms with Crippen LogP contribution in [0, 0.1) is 13.3 Å². The predicted octanol–water partition coefficient (Wildman–Crippen LogP) is -1.90. The summed E-state index contributed by atoms with van der Waals surface area (Å²) in [6.07, 6.45) is 2.45. The van der Waals surface area contributed by atoms with Gasteiger partial charge in [0.2, 0.25) is 0 Å². The Hall–Kier alpha value is 0.476. The number of thiophene rings is 1. The van der Waals surface area contributed by atoms with Gasteiger partial charge in [0.1, 0.15) is 5.56 Å². The van der Waals surface area contributed by atoms with Gasteiger partial charge in [-0.05, 0) is 28.1 Å². The van der Waals surface area contributed by atoms with Crippen LogP contribution in [0.1, 0.15) is 4.88 Å². The van der Waals surface area contributed by atoms with Crippen LogP contribution >= 0.6 is 11.3 Å². The molecule has 12 heavy (non-hydrogen) atoms. The van der Waals surface area contributed by atoms with Crippen LogP contribution in [0.3, 0.4) is 0 Å². The van der Waals surface area contributed by atoms with Crippen LogP contribution < -0.4 is 56.9 Å². The quantitative estimate of drug-likeness (QED) is 0.402. The first-order chi connectivity index (χ1) is 5.29. The Morgan fingerprint density at radius 2 is 2.42 bits per heavy atom. The molecule has 0 aliphatic heterocycles. The molecule has 0 unspecified atom stereocenters. The zero-order valence-corrected chi connectivity index (χ0v) is 10.8. The van der Waals surface area contributed by atoms with Gasteiger partial charge in [-0.1, -0.05) is 0 Å². The van der Waals surface area contributed by atoms with Crippen molar-refractivity contribution in [1.82, 2.24) is 9.97 Å². The van der Waals surface area contributed by atoms with Crippen LogP contribution in [0.15, 0.2) is 10.2 Å². The van der Waals surface area contributed by atoms with Crippen molar-refractivity contribution in [3.63, 3.8) is 0 Å². The van der Waals surface area contributed by atoms with E-state index in [4.69, 9.17) is 0 Å². The molecule has 0 aliphatic rings. The molecular formula is C7H5KN2OS. The molecule has 0 spiro atoms. The van der Waals surface area contributed by atoms with Crippen molar-refractivity contribution in [2.24, 2.45) is 0 Å². The van der Waals surface area contributed by atoms with Crippen LogP contribution in [0.5, 0.6) is 0 Å². The van der Waals surface area contributed by atoms with Gasteiger partial charge in [-0.3, -0.25) is 0 Å². The molecule has 2 aromatic rings. The molecular weight excluding hydrogens is 199 g/mol. The van der Waals surface area contributed by atoms with Gasteiger partial charge in [0.05, 0.1) is 0 Å². The normalized spacial score (nSPS) is 9.75. The molecule has 0 fully saturated rings. The Kier molecular flexibility index (Phi) is 3.63. The minimum atomic E-state index is -0.112. The number of aromatic amines is 1. The SMILES string of the molecule is Cc1scc2c(=O)[nH][c-]nc12.[K+]. The first kappa shape index (κ1) is 10.6. The second-order valence-corrected chi connectivity index (χ2v) is 3.32. The number of fused-ring (bicyclic) bond motifs is 1. The second kappa shape index (κ2) is 4.12. The third-order valence-electron chi connectivity index (χ3n) is 1.52. The van der Waals surface area contributed by atoms with E-state index in [1.165, 1.54) is 11.3 Å². The van der Waals surface area contributed by atoms with Crippen molar-refractivity contribution in [3.05, 3.63) is 26.9 Å². The molecule has 2 rings (SSSR count). The summed E-state index contributed by atoms with van der Waals surface area (Å²) in [6.45, 7) is 1.94. The zero-order valence-electron chi connectivity index (χ0n) is 6.84. The van der Waals surface area contributed by atoms with E-state index in [1.807, 2.05) is 12.3 Å². The van der Waals surface area contributed by atoms with E-state index < -0.39 is 0 Å². The minimum absolute atomic E-state index is 0. The Balaban J connectivity index is 0.000000720. The van der Waals surface area contributed by atoms with Gasteiger partial charge in [0, 0.05) is 6.33 Å². The van der Waals surface area contributed by atoms with Gasteiger partial charge in [0.25, 0.3) is 0 Å². The molecule has 1 N–H and O–H groups in total. The third-order valence-corrected chi connectivity index (χ3v) is 2.42. The maximum Gasteiger partial charge on any atom is 1.00 e. The van der Waals surface area contributed by atoms with Gasteiger partial charge in [-0.15, -0.1) is 0 Å². The van der Waals surface area contributed by atoms with Gasteiger partial charge < -0.3 is 14.8 Å². The molecule has 2 heterocycles. The first-order valence-electron chi connectivity index (χ1n) is 3.13. The molecule has 0 saturated heterocycles. The van der Waals surface area contributed by atoms with Crippen LogP contribution in [-0.4, -0.2) is 9.97 Å². The standard InChI is InChI=1S/C7H5N2OS.K/c1-4-6-5(2-11-4)7(10)9-3-8-6;/h2H,1H3,(H,8,9,10);/q-1;+1. The van der Waals surface area contributed by atoms with E-state index in [0.717, 1.165) is 10.4 Å². The van der Waals surface area contributed by atoms with Crippen molar-refractivity contribution in [2.75, 3.05) is 0 Å². The summed E-state index contributed by atoms with van der Waals surface area (Å²) in [5, 5.41) is 2.47. The monoisotopic (exact) mass is 204 g/mol. The van der Waals surface area contributed by atoms with Gasteiger partial charge in [-0.25, -0.2) is 0 Å². The fraction of sp³-hybridized carbons (Fsp3) is 0.143. The second-order valence-electron chi connectivity index (χ2n) is 2.23. The number of rotatable bonds is 0. The summed E-state index contributed by atoms with van der Waals surface area (Å²) in [7, 11) is 0. The molecule has 5 heteroatoms. The summed E-state index contributed by atoms with van der Waals surface area (Å²) in [4.78, 5) is 18.5. The van der Waals surface area contributed by atoms with Gasteiger partial charge in [0.15, 0.2) is 0 Å². The van der Waals surface area contributed by atoms with Crippen molar-refractivity contribution in [3.8, 4) is 0 Å². The number of hydrogen-bond acceptors (Lipinski definition) is 3. The summed E-state index contributed by atoms with van der Waals surface area (Å²) in [6, 6.07) is 0. The molecule has 0 aliphatic carbocycles. The van der Waals surface area contributed by atoms with Crippen LogP contribution in [0.2, 0.25) is 0 Å². The predicted molar refractivity (Wildman–Crippen MR) is 43.8 cm³/mol. The van der Waals surface area contributed by atoms with Crippen LogP contribution in [0.4, 0.5) is 0 Å². The third kappa shape index (κ3) is 1.71. The van der Waals surface area contributed by atoms with Crippen molar-refractivity contribution in [2.45, 2.75) is 6.92 Å². The van der Waals surface area contributed by atoms with Crippen molar-refractivity contribution < 1.29 is 51.4 Å². The van der Waals surface area contributed by atoms with Gasteiger partial charge in [-0.2, -0.15) is 11.3 Å². The Labute approximate surface area is 116 Å². The molecule has 0 saturated carbocycles. The fourth-order valence-corrected chi connectivity index (χ4v) is 1.73. The first-order valence-corrected chi connectivity index (χ1v) is 4.01. The van der Waals surface area contributed by atoms with E-state index in [-0.39, 0.29) is 56.9 Å². The topological polar surface area (TPSA) is 45.8 Å². The van der Waals surface area contributed by atoms with Crippen LogP contribution in [-0.2, 0) is 0 Å². The number of aromatic nitrogens is 2. The smallest absolute Gasteiger partial charge is 0.420 e. The maximum atomic E-state index is 11.1. The average Bonchev–Trinajstić information content (AvgIpc) is 2.35. The van der Waals surface area contributed by atoms with Crippen LogP contribution in [0.25, 0.3) is 10.9 Å². The van der Waals surface area contributed by atoms with E-state index in [2.05, 4.69) is 16.3 Å². The summed E-state index contributed by atoms with van der Waals surface area (Å²) in [5.41, 5.74) is 0.651. The minimum Gasteiger partial charge on any atom is -0.420 e. The van der Waals surface area contributed by atoms with Crippen molar-refractivity contribution in [1.29, 1.82) is 0 Å². The molecule has 0 bridgehead atoms. The molecule has 56 valence electrons. The largest absolute Gasteiger partial charge is 1.00 e. The van der Waals surface area contributed by atoms with E-state index in [1.54, 1.807) is 0 Å². The van der Waals surface area contributed by atoms with E-state index in [9.17, 15) is 4.79 Å². The zero-order chi connectivity index (χ0) is 7.84. The number of nitrogens with one attached hydrogen (secondary N) is 1. The molecule has 2 aromatic heterocycles.